The van der Waals surface area contributed by atoms with Crippen molar-refractivity contribution in [2.24, 2.45) is 5.92 Å². The Morgan fingerprint density at radius 1 is 1.07 bits per heavy atom. The van der Waals surface area contributed by atoms with Gasteiger partial charge in [0.05, 0.1) is 12.2 Å². The minimum atomic E-state index is 0.387. The summed E-state index contributed by atoms with van der Waals surface area (Å²) in [5, 5.41) is 3.53. The highest BCUT2D eigenvalue weighted by molar-refractivity contribution is 4.81. The van der Waals surface area contributed by atoms with Crippen molar-refractivity contribution in [1.82, 2.24) is 5.32 Å². The van der Waals surface area contributed by atoms with Crippen LogP contribution < -0.4 is 5.32 Å². The second-order valence-electron chi connectivity index (χ2n) is 5.15. The number of hydrogen-bond donors (Lipinski definition) is 1. The predicted octanol–water partition coefficient (Wildman–Crippen LogP) is 2.58. The molecule has 1 N–H and O–H groups in total. The summed E-state index contributed by atoms with van der Waals surface area (Å²) in [4.78, 5) is 0. The molecule has 0 bridgehead atoms. The van der Waals surface area contributed by atoms with E-state index in [0.29, 0.717) is 30.2 Å². The summed E-state index contributed by atoms with van der Waals surface area (Å²) in [6, 6.07) is 1.20. The standard InChI is InChI=1S/C12H25NO/c1-8(2)11(5)14-12-6-9(3)13-10(4)7-12/h8-13H,6-7H2,1-5H3. The fourth-order valence-electron chi connectivity index (χ4n) is 2.08. The minimum absolute atomic E-state index is 0.387. The Labute approximate surface area is 88.4 Å². The summed E-state index contributed by atoms with van der Waals surface area (Å²) in [7, 11) is 0. The molecule has 0 spiro atoms. The molecule has 1 heterocycles. The smallest absolute Gasteiger partial charge is 0.0608 e. The first-order chi connectivity index (χ1) is 6.49. The quantitative estimate of drug-likeness (QED) is 0.754. The van der Waals surface area contributed by atoms with Gasteiger partial charge in [-0.1, -0.05) is 13.8 Å². The lowest BCUT2D eigenvalue weighted by Gasteiger charge is -2.35. The number of hydrogen-bond acceptors (Lipinski definition) is 2. The Bertz CT molecular complexity index is 160. The van der Waals surface area contributed by atoms with Crippen molar-refractivity contribution in [2.75, 3.05) is 0 Å². The van der Waals surface area contributed by atoms with Gasteiger partial charge in [0, 0.05) is 12.1 Å². The topological polar surface area (TPSA) is 21.3 Å². The van der Waals surface area contributed by atoms with Gasteiger partial charge in [0.25, 0.3) is 0 Å². The van der Waals surface area contributed by atoms with Crippen molar-refractivity contribution >= 4 is 0 Å². The van der Waals surface area contributed by atoms with E-state index in [-0.39, 0.29) is 0 Å². The predicted molar refractivity (Wildman–Crippen MR) is 60.5 cm³/mol. The summed E-state index contributed by atoms with van der Waals surface area (Å²) < 4.78 is 6.05. The molecule has 1 fully saturated rings. The van der Waals surface area contributed by atoms with E-state index in [9.17, 15) is 0 Å². The lowest BCUT2D eigenvalue weighted by molar-refractivity contribution is -0.0499. The van der Waals surface area contributed by atoms with E-state index in [0.717, 1.165) is 12.8 Å². The molecule has 14 heavy (non-hydrogen) atoms. The number of rotatable bonds is 3. The summed E-state index contributed by atoms with van der Waals surface area (Å²) >= 11 is 0. The fourth-order valence-corrected chi connectivity index (χ4v) is 2.08. The Morgan fingerprint density at radius 3 is 2.00 bits per heavy atom. The first-order valence-electron chi connectivity index (χ1n) is 5.90. The lowest BCUT2D eigenvalue weighted by atomic mass is 9.97. The summed E-state index contributed by atoms with van der Waals surface area (Å²) in [6.07, 6.45) is 3.15. The molecule has 1 rings (SSSR count). The van der Waals surface area contributed by atoms with Gasteiger partial charge >= 0.3 is 0 Å². The van der Waals surface area contributed by atoms with Crippen LogP contribution in [0.1, 0.15) is 47.5 Å². The third kappa shape index (κ3) is 3.58. The summed E-state index contributed by atoms with van der Waals surface area (Å²) in [6.45, 7) is 11.1. The maximum atomic E-state index is 6.05. The van der Waals surface area contributed by atoms with Crippen molar-refractivity contribution in [3.05, 3.63) is 0 Å². The van der Waals surface area contributed by atoms with Crippen LogP contribution in [-0.4, -0.2) is 24.3 Å². The zero-order chi connectivity index (χ0) is 10.7. The second-order valence-corrected chi connectivity index (χ2v) is 5.15. The lowest BCUT2D eigenvalue weighted by Crippen LogP contribution is -2.46. The van der Waals surface area contributed by atoms with Crippen LogP contribution in [-0.2, 0) is 4.74 Å². The Hall–Kier alpha value is -0.0800. The van der Waals surface area contributed by atoms with E-state index in [1.165, 1.54) is 0 Å². The second kappa shape index (κ2) is 5.13. The van der Waals surface area contributed by atoms with Crippen LogP contribution >= 0.6 is 0 Å². The van der Waals surface area contributed by atoms with E-state index >= 15 is 0 Å². The van der Waals surface area contributed by atoms with E-state index in [2.05, 4.69) is 39.9 Å². The first kappa shape index (κ1) is 12.0. The first-order valence-corrected chi connectivity index (χ1v) is 5.90. The van der Waals surface area contributed by atoms with Crippen LogP contribution in [0.5, 0.6) is 0 Å². The molecule has 84 valence electrons. The molecule has 0 aromatic rings. The average Bonchev–Trinajstić information content (AvgIpc) is 2.01. The molecule has 3 atom stereocenters. The van der Waals surface area contributed by atoms with Gasteiger partial charge in [0.15, 0.2) is 0 Å². The fraction of sp³-hybridized carbons (Fsp3) is 1.00. The number of nitrogens with one attached hydrogen (secondary N) is 1. The third-order valence-corrected chi connectivity index (χ3v) is 3.15. The molecule has 3 unspecified atom stereocenters. The molecule has 2 nitrogen and oxygen atoms in total. The van der Waals surface area contributed by atoms with Crippen molar-refractivity contribution in [3.8, 4) is 0 Å². The van der Waals surface area contributed by atoms with Crippen molar-refractivity contribution in [3.63, 3.8) is 0 Å². The van der Waals surface area contributed by atoms with E-state index in [1.807, 2.05) is 0 Å². The number of piperidine rings is 1. The summed E-state index contributed by atoms with van der Waals surface area (Å²) in [5.41, 5.74) is 0. The largest absolute Gasteiger partial charge is 0.375 e. The monoisotopic (exact) mass is 199 g/mol. The van der Waals surface area contributed by atoms with Crippen LogP contribution in [0.25, 0.3) is 0 Å². The Morgan fingerprint density at radius 2 is 1.57 bits per heavy atom. The van der Waals surface area contributed by atoms with Crippen LogP contribution in [0.4, 0.5) is 0 Å². The molecular weight excluding hydrogens is 174 g/mol. The highest BCUT2D eigenvalue weighted by Gasteiger charge is 2.25. The van der Waals surface area contributed by atoms with Gasteiger partial charge in [0.2, 0.25) is 0 Å². The van der Waals surface area contributed by atoms with Crippen LogP contribution in [0.15, 0.2) is 0 Å². The van der Waals surface area contributed by atoms with Gasteiger partial charge in [-0.15, -0.1) is 0 Å². The van der Waals surface area contributed by atoms with E-state index < -0.39 is 0 Å². The van der Waals surface area contributed by atoms with Crippen molar-refractivity contribution in [1.29, 1.82) is 0 Å². The average molecular weight is 199 g/mol. The van der Waals surface area contributed by atoms with Gasteiger partial charge in [-0.2, -0.15) is 0 Å². The molecule has 0 aliphatic carbocycles. The van der Waals surface area contributed by atoms with Gasteiger partial charge < -0.3 is 10.1 Å². The molecule has 1 aliphatic rings. The van der Waals surface area contributed by atoms with E-state index in [4.69, 9.17) is 4.74 Å². The maximum absolute atomic E-state index is 6.05. The van der Waals surface area contributed by atoms with E-state index in [1.54, 1.807) is 0 Å². The molecule has 0 radical (unpaired) electrons. The van der Waals surface area contributed by atoms with Crippen LogP contribution in [0.2, 0.25) is 0 Å². The Balaban J connectivity index is 2.36. The zero-order valence-corrected chi connectivity index (χ0v) is 10.2. The molecular formula is C12H25NO. The van der Waals surface area contributed by atoms with Gasteiger partial charge in [-0.3, -0.25) is 0 Å². The molecule has 0 amide bonds. The molecule has 0 aromatic carbocycles. The highest BCUT2D eigenvalue weighted by Crippen LogP contribution is 2.20. The number of ether oxygens (including phenoxy) is 1. The maximum Gasteiger partial charge on any atom is 0.0608 e. The van der Waals surface area contributed by atoms with Crippen LogP contribution in [0, 0.1) is 5.92 Å². The highest BCUT2D eigenvalue weighted by atomic mass is 16.5. The van der Waals surface area contributed by atoms with Crippen molar-refractivity contribution < 1.29 is 4.74 Å². The Kier molecular flexibility index (Phi) is 4.39. The van der Waals surface area contributed by atoms with Gasteiger partial charge in [0.1, 0.15) is 0 Å². The molecule has 0 aromatic heterocycles. The van der Waals surface area contributed by atoms with Crippen LogP contribution in [0.3, 0.4) is 0 Å². The third-order valence-electron chi connectivity index (χ3n) is 3.15. The zero-order valence-electron chi connectivity index (χ0n) is 10.2. The summed E-state index contributed by atoms with van der Waals surface area (Å²) in [5.74, 6) is 0.621. The SMILES string of the molecule is CC1CC(OC(C)C(C)C)CC(C)N1. The molecule has 0 saturated carbocycles. The minimum Gasteiger partial charge on any atom is -0.375 e. The normalized spacial score (nSPS) is 36.0. The molecule has 2 heteroatoms. The molecule has 1 aliphatic heterocycles. The van der Waals surface area contributed by atoms with Gasteiger partial charge in [-0.25, -0.2) is 0 Å². The molecule has 1 saturated heterocycles. The van der Waals surface area contributed by atoms with Gasteiger partial charge in [-0.05, 0) is 39.5 Å². The van der Waals surface area contributed by atoms with Crippen molar-refractivity contribution in [2.45, 2.75) is 71.8 Å².